The molecule has 3 heterocycles. The molecule has 0 aliphatic carbocycles. The molecule has 1 atom stereocenters. The summed E-state index contributed by atoms with van der Waals surface area (Å²) in [6.07, 6.45) is 3.68. The lowest BCUT2D eigenvalue weighted by Crippen LogP contribution is -2.50. The lowest BCUT2D eigenvalue weighted by molar-refractivity contribution is 0.0570. The number of anilines is 1. The van der Waals surface area contributed by atoms with E-state index in [0.29, 0.717) is 50.7 Å². The Morgan fingerprint density at radius 3 is 2.77 bits per heavy atom. The molecule has 1 unspecified atom stereocenters. The van der Waals surface area contributed by atoms with Gasteiger partial charge in [-0.15, -0.1) is 0 Å². The molecule has 26 heavy (non-hydrogen) atoms. The van der Waals surface area contributed by atoms with Crippen LogP contribution >= 0.6 is 0 Å². The Bertz CT molecular complexity index is 625. The zero-order valence-corrected chi connectivity index (χ0v) is 15.1. The monoisotopic (exact) mass is 362 g/mol. The predicted molar refractivity (Wildman–Crippen MR) is 96.2 cm³/mol. The Kier molecular flexibility index (Phi) is 6.27. The maximum Gasteiger partial charge on any atom is 0.409 e. The van der Waals surface area contributed by atoms with Gasteiger partial charge in [-0.25, -0.2) is 9.78 Å². The summed E-state index contributed by atoms with van der Waals surface area (Å²) in [5.74, 6) is 0.632. The summed E-state index contributed by atoms with van der Waals surface area (Å²) in [4.78, 5) is 32.1. The van der Waals surface area contributed by atoms with Gasteiger partial charge in [0.15, 0.2) is 0 Å². The van der Waals surface area contributed by atoms with Crippen LogP contribution in [0.4, 0.5) is 10.6 Å². The van der Waals surface area contributed by atoms with Gasteiger partial charge in [0.05, 0.1) is 12.7 Å². The van der Waals surface area contributed by atoms with Crippen molar-refractivity contribution >= 4 is 17.8 Å². The molecule has 2 saturated heterocycles. The molecule has 0 radical (unpaired) electrons. The molecule has 0 saturated carbocycles. The van der Waals surface area contributed by atoms with Crippen molar-refractivity contribution in [3.63, 3.8) is 0 Å². The van der Waals surface area contributed by atoms with Crippen LogP contribution in [0, 0.1) is 0 Å². The molecule has 2 aliphatic rings. The average Bonchev–Trinajstić information content (AvgIpc) is 3.20. The topological polar surface area (TPSA) is 84.0 Å². The summed E-state index contributed by atoms with van der Waals surface area (Å²) in [5.41, 5.74) is 0.597. The third-order valence-corrected chi connectivity index (χ3v) is 4.63. The number of carbonyl (C=O) groups excluding carboxylic acids is 2. The fraction of sp³-hybridized carbons (Fsp3) is 0.611. The van der Waals surface area contributed by atoms with Crippen LogP contribution in [0.3, 0.4) is 0 Å². The minimum absolute atomic E-state index is 0.0453. The highest BCUT2D eigenvalue weighted by Gasteiger charge is 2.25. The molecular formula is C18H26N4O4. The zero-order chi connectivity index (χ0) is 18.4. The van der Waals surface area contributed by atoms with Crippen molar-refractivity contribution in [2.75, 3.05) is 51.3 Å². The summed E-state index contributed by atoms with van der Waals surface area (Å²) < 4.78 is 10.6. The SMILES string of the molecule is CCOC(=O)N1CCN(C(=O)c2ccnc(NCC3CCCO3)c2)CC1. The Morgan fingerprint density at radius 1 is 1.31 bits per heavy atom. The van der Waals surface area contributed by atoms with Crippen molar-refractivity contribution in [3.05, 3.63) is 23.9 Å². The molecule has 0 aromatic carbocycles. The maximum absolute atomic E-state index is 12.7. The smallest absolute Gasteiger partial charge is 0.409 e. The Morgan fingerprint density at radius 2 is 2.08 bits per heavy atom. The van der Waals surface area contributed by atoms with Crippen LogP contribution in [-0.2, 0) is 9.47 Å². The van der Waals surface area contributed by atoms with Crippen LogP contribution in [0.25, 0.3) is 0 Å². The lowest BCUT2D eigenvalue weighted by Gasteiger charge is -2.34. The van der Waals surface area contributed by atoms with Gasteiger partial charge < -0.3 is 24.6 Å². The number of hydrogen-bond donors (Lipinski definition) is 1. The molecule has 1 aromatic heterocycles. The molecule has 1 aromatic rings. The average molecular weight is 362 g/mol. The summed E-state index contributed by atoms with van der Waals surface area (Å²) in [5, 5.41) is 3.24. The van der Waals surface area contributed by atoms with Crippen LogP contribution in [0.5, 0.6) is 0 Å². The van der Waals surface area contributed by atoms with Crippen molar-refractivity contribution in [2.45, 2.75) is 25.9 Å². The first kappa shape index (κ1) is 18.4. The van der Waals surface area contributed by atoms with Gasteiger partial charge in [-0.3, -0.25) is 4.79 Å². The Hall–Kier alpha value is -2.35. The number of piperazine rings is 1. The highest BCUT2D eigenvalue weighted by molar-refractivity contribution is 5.95. The molecule has 2 aliphatic heterocycles. The molecule has 3 rings (SSSR count). The fourth-order valence-corrected chi connectivity index (χ4v) is 3.17. The largest absolute Gasteiger partial charge is 0.450 e. The zero-order valence-electron chi connectivity index (χ0n) is 15.1. The van der Waals surface area contributed by atoms with E-state index in [2.05, 4.69) is 10.3 Å². The Labute approximate surface area is 153 Å². The van der Waals surface area contributed by atoms with E-state index in [4.69, 9.17) is 9.47 Å². The van der Waals surface area contributed by atoms with Gasteiger partial charge in [0.25, 0.3) is 5.91 Å². The highest BCUT2D eigenvalue weighted by atomic mass is 16.6. The van der Waals surface area contributed by atoms with Gasteiger partial charge in [-0.1, -0.05) is 0 Å². The van der Waals surface area contributed by atoms with Crippen LogP contribution < -0.4 is 5.32 Å². The van der Waals surface area contributed by atoms with Gasteiger partial charge in [-0.05, 0) is 31.9 Å². The number of hydrogen-bond acceptors (Lipinski definition) is 6. The van der Waals surface area contributed by atoms with E-state index >= 15 is 0 Å². The van der Waals surface area contributed by atoms with Gasteiger partial charge in [0.1, 0.15) is 5.82 Å². The minimum Gasteiger partial charge on any atom is -0.450 e. The number of amides is 2. The van der Waals surface area contributed by atoms with E-state index in [1.165, 1.54) is 0 Å². The molecule has 0 bridgehead atoms. The van der Waals surface area contributed by atoms with Gasteiger partial charge in [0, 0.05) is 51.1 Å². The molecule has 8 heteroatoms. The molecule has 0 spiro atoms. The molecule has 2 fully saturated rings. The summed E-state index contributed by atoms with van der Waals surface area (Å²) in [6.45, 7) is 5.62. The van der Waals surface area contributed by atoms with E-state index in [-0.39, 0.29) is 18.1 Å². The van der Waals surface area contributed by atoms with E-state index < -0.39 is 0 Å². The Balaban J connectivity index is 1.53. The second-order valence-electron chi connectivity index (χ2n) is 6.42. The molecule has 142 valence electrons. The van der Waals surface area contributed by atoms with E-state index in [1.54, 1.807) is 35.1 Å². The second-order valence-corrected chi connectivity index (χ2v) is 6.42. The van der Waals surface area contributed by atoms with Crippen molar-refractivity contribution in [1.82, 2.24) is 14.8 Å². The number of carbonyl (C=O) groups is 2. The standard InChI is InChI=1S/C18H26N4O4/c1-2-25-18(24)22-9-7-21(8-10-22)17(23)14-5-6-19-16(12-14)20-13-15-4-3-11-26-15/h5-6,12,15H,2-4,7-11,13H2,1H3,(H,19,20). The van der Waals surface area contributed by atoms with Crippen molar-refractivity contribution < 1.29 is 19.1 Å². The molecule has 2 amide bonds. The number of pyridine rings is 1. The third-order valence-electron chi connectivity index (χ3n) is 4.63. The quantitative estimate of drug-likeness (QED) is 0.856. The highest BCUT2D eigenvalue weighted by Crippen LogP contribution is 2.15. The van der Waals surface area contributed by atoms with Crippen molar-refractivity contribution in [1.29, 1.82) is 0 Å². The predicted octanol–water partition coefficient (Wildman–Crippen LogP) is 1.59. The fourth-order valence-electron chi connectivity index (χ4n) is 3.17. The van der Waals surface area contributed by atoms with Crippen molar-refractivity contribution in [3.8, 4) is 0 Å². The molecular weight excluding hydrogens is 336 g/mol. The van der Waals surface area contributed by atoms with E-state index in [9.17, 15) is 9.59 Å². The number of ether oxygens (including phenoxy) is 2. The van der Waals surface area contributed by atoms with E-state index in [1.807, 2.05) is 0 Å². The normalized spacial score (nSPS) is 20.1. The van der Waals surface area contributed by atoms with E-state index in [0.717, 1.165) is 19.4 Å². The van der Waals surface area contributed by atoms with Gasteiger partial charge in [0.2, 0.25) is 0 Å². The summed E-state index contributed by atoms with van der Waals surface area (Å²) in [7, 11) is 0. The molecule has 1 N–H and O–H groups in total. The summed E-state index contributed by atoms with van der Waals surface area (Å²) >= 11 is 0. The number of aromatic nitrogens is 1. The molecule has 8 nitrogen and oxygen atoms in total. The van der Waals surface area contributed by atoms with Crippen molar-refractivity contribution in [2.24, 2.45) is 0 Å². The summed E-state index contributed by atoms with van der Waals surface area (Å²) in [6, 6.07) is 3.49. The third kappa shape index (κ3) is 4.63. The number of nitrogens with zero attached hydrogens (tertiary/aromatic N) is 3. The number of rotatable bonds is 5. The first-order chi connectivity index (χ1) is 12.7. The minimum atomic E-state index is -0.316. The van der Waals surface area contributed by atoms with Crippen LogP contribution in [-0.4, -0.2) is 78.8 Å². The lowest BCUT2D eigenvalue weighted by atomic mass is 10.2. The van der Waals surface area contributed by atoms with Gasteiger partial charge in [-0.2, -0.15) is 0 Å². The maximum atomic E-state index is 12.7. The van der Waals surface area contributed by atoms with Crippen LogP contribution in [0.2, 0.25) is 0 Å². The van der Waals surface area contributed by atoms with Crippen LogP contribution in [0.1, 0.15) is 30.1 Å². The first-order valence-corrected chi connectivity index (χ1v) is 9.20. The second kappa shape index (κ2) is 8.84. The number of nitrogens with one attached hydrogen (secondary N) is 1. The van der Waals surface area contributed by atoms with Gasteiger partial charge >= 0.3 is 6.09 Å². The van der Waals surface area contributed by atoms with Crippen LogP contribution in [0.15, 0.2) is 18.3 Å². The first-order valence-electron chi connectivity index (χ1n) is 9.20.